The standard InChI is InChI=1S/C13H25N3O2/c14-12-3-5-15(6-4-12)9-13(18)16-7-1-11(10-17)2-8-16/h11-12,17H,1-10,14H2. The fourth-order valence-electron chi connectivity index (χ4n) is 2.77. The molecular weight excluding hydrogens is 230 g/mol. The van der Waals surface area contributed by atoms with Crippen LogP contribution in [-0.4, -0.2) is 66.2 Å². The quantitative estimate of drug-likeness (QED) is 0.722. The number of rotatable bonds is 3. The predicted molar refractivity (Wildman–Crippen MR) is 70.0 cm³/mol. The lowest BCUT2D eigenvalue weighted by atomic mass is 9.98. The maximum absolute atomic E-state index is 12.1. The minimum atomic E-state index is 0.238. The molecule has 0 radical (unpaired) electrons. The summed E-state index contributed by atoms with van der Waals surface area (Å²) in [7, 11) is 0. The Labute approximate surface area is 109 Å². The van der Waals surface area contributed by atoms with Crippen LogP contribution in [0, 0.1) is 5.92 Å². The smallest absolute Gasteiger partial charge is 0.236 e. The van der Waals surface area contributed by atoms with Crippen molar-refractivity contribution in [1.29, 1.82) is 0 Å². The van der Waals surface area contributed by atoms with Crippen LogP contribution in [0.3, 0.4) is 0 Å². The van der Waals surface area contributed by atoms with E-state index in [-0.39, 0.29) is 12.5 Å². The Morgan fingerprint density at radius 3 is 2.28 bits per heavy atom. The fraction of sp³-hybridized carbons (Fsp3) is 0.923. The first-order valence-corrected chi connectivity index (χ1v) is 7.05. The van der Waals surface area contributed by atoms with Gasteiger partial charge in [0.15, 0.2) is 0 Å². The molecule has 0 aromatic heterocycles. The summed E-state index contributed by atoms with van der Waals surface area (Å²) in [6.45, 7) is 4.29. The zero-order valence-corrected chi connectivity index (χ0v) is 11.1. The minimum Gasteiger partial charge on any atom is -0.396 e. The van der Waals surface area contributed by atoms with Crippen molar-refractivity contribution in [1.82, 2.24) is 9.80 Å². The van der Waals surface area contributed by atoms with Gasteiger partial charge in [0.2, 0.25) is 5.91 Å². The molecule has 2 fully saturated rings. The van der Waals surface area contributed by atoms with Crippen molar-refractivity contribution < 1.29 is 9.90 Å². The topological polar surface area (TPSA) is 69.8 Å². The Hall–Kier alpha value is -0.650. The molecule has 0 aliphatic carbocycles. The molecule has 0 aromatic rings. The van der Waals surface area contributed by atoms with Crippen LogP contribution in [0.2, 0.25) is 0 Å². The summed E-state index contributed by atoms with van der Waals surface area (Å²) >= 11 is 0. The Morgan fingerprint density at radius 1 is 1.11 bits per heavy atom. The molecule has 18 heavy (non-hydrogen) atoms. The lowest BCUT2D eigenvalue weighted by Crippen LogP contribution is -2.47. The van der Waals surface area contributed by atoms with E-state index in [2.05, 4.69) is 4.90 Å². The van der Waals surface area contributed by atoms with Gasteiger partial charge in [-0.2, -0.15) is 0 Å². The van der Waals surface area contributed by atoms with Gasteiger partial charge >= 0.3 is 0 Å². The maximum atomic E-state index is 12.1. The number of hydrogen-bond donors (Lipinski definition) is 2. The number of aliphatic hydroxyl groups excluding tert-OH is 1. The van der Waals surface area contributed by atoms with Crippen LogP contribution in [-0.2, 0) is 4.79 Å². The minimum absolute atomic E-state index is 0.238. The van der Waals surface area contributed by atoms with Gasteiger partial charge in [-0.25, -0.2) is 0 Å². The molecule has 5 nitrogen and oxygen atoms in total. The van der Waals surface area contributed by atoms with Crippen LogP contribution >= 0.6 is 0 Å². The highest BCUT2D eigenvalue weighted by Gasteiger charge is 2.25. The number of carbonyl (C=O) groups excluding carboxylic acids is 1. The molecule has 5 heteroatoms. The molecule has 2 rings (SSSR count). The lowest BCUT2D eigenvalue weighted by Gasteiger charge is -2.34. The molecule has 0 unspecified atom stereocenters. The number of likely N-dealkylation sites (tertiary alicyclic amines) is 2. The Kier molecular flexibility index (Phi) is 4.97. The third kappa shape index (κ3) is 3.67. The number of aliphatic hydroxyl groups is 1. The van der Waals surface area contributed by atoms with Crippen molar-refractivity contribution in [3.05, 3.63) is 0 Å². The lowest BCUT2D eigenvalue weighted by molar-refractivity contribution is -0.134. The average Bonchev–Trinajstić information content (AvgIpc) is 2.41. The van der Waals surface area contributed by atoms with Crippen LogP contribution in [0.1, 0.15) is 25.7 Å². The first kappa shape index (κ1) is 13.8. The summed E-state index contributed by atoms with van der Waals surface area (Å²) in [5.41, 5.74) is 5.86. The molecule has 3 N–H and O–H groups in total. The molecule has 2 heterocycles. The van der Waals surface area contributed by atoms with Gasteiger partial charge < -0.3 is 15.7 Å². The van der Waals surface area contributed by atoms with Gasteiger partial charge in [-0.15, -0.1) is 0 Å². The van der Waals surface area contributed by atoms with Crippen molar-refractivity contribution in [3.8, 4) is 0 Å². The van der Waals surface area contributed by atoms with E-state index in [1.165, 1.54) is 0 Å². The molecule has 0 spiro atoms. The fourth-order valence-corrected chi connectivity index (χ4v) is 2.77. The number of amides is 1. The molecule has 0 saturated carbocycles. The molecule has 1 amide bonds. The summed E-state index contributed by atoms with van der Waals surface area (Å²) < 4.78 is 0. The van der Waals surface area contributed by atoms with Gasteiger partial charge in [0.25, 0.3) is 0 Å². The molecule has 2 aliphatic heterocycles. The summed E-state index contributed by atoms with van der Waals surface area (Å²) in [6.07, 6.45) is 3.87. The van der Waals surface area contributed by atoms with Crippen molar-refractivity contribution in [2.45, 2.75) is 31.7 Å². The van der Waals surface area contributed by atoms with E-state index >= 15 is 0 Å². The third-order valence-corrected chi connectivity index (χ3v) is 4.22. The second-order valence-corrected chi connectivity index (χ2v) is 5.62. The van der Waals surface area contributed by atoms with E-state index < -0.39 is 0 Å². The van der Waals surface area contributed by atoms with Crippen LogP contribution in [0.4, 0.5) is 0 Å². The third-order valence-electron chi connectivity index (χ3n) is 4.22. The summed E-state index contributed by atoms with van der Waals surface area (Å²) in [5.74, 6) is 0.629. The second kappa shape index (κ2) is 6.50. The first-order chi connectivity index (χ1) is 8.69. The van der Waals surface area contributed by atoms with Gasteiger partial charge in [-0.05, 0) is 31.6 Å². The van der Waals surface area contributed by atoms with Crippen molar-refractivity contribution in [2.24, 2.45) is 11.7 Å². The van der Waals surface area contributed by atoms with Crippen LogP contribution in [0.25, 0.3) is 0 Å². The van der Waals surface area contributed by atoms with Gasteiger partial charge in [0, 0.05) is 38.8 Å². The Morgan fingerprint density at radius 2 is 1.72 bits per heavy atom. The highest BCUT2D eigenvalue weighted by molar-refractivity contribution is 5.78. The maximum Gasteiger partial charge on any atom is 0.236 e. The summed E-state index contributed by atoms with van der Waals surface area (Å²) in [4.78, 5) is 16.3. The average molecular weight is 255 g/mol. The molecule has 0 bridgehead atoms. The van der Waals surface area contributed by atoms with Crippen LogP contribution in [0.5, 0.6) is 0 Å². The number of nitrogens with zero attached hydrogens (tertiary/aromatic N) is 2. The summed E-state index contributed by atoms with van der Waals surface area (Å²) in [6, 6.07) is 0.316. The SMILES string of the molecule is NC1CCN(CC(=O)N2CCC(CO)CC2)CC1. The monoisotopic (exact) mass is 255 g/mol. The molecular formula is C13H25N3O2. The zero-order chi connectivity index (χ0) is 13.0. The van der Waals surface area contributed by atoms with Gasteiger partial charge in [0.05, 0.1) is 6.54 Å². The molecule has 2 aliphatic rings. The Bertz CT molecular complexity index is 269. The number of hydrogen-bond acceptors (Lipinski definition) is 4. The Balaban J connectivity index is 1.72. The van der Waals surface area contributed by atoms with Crippen molar-refractivity contribution in [2.75, 3.05) is 39.3 Å². The molecule has 2 saturated heterocycles. The van der Waals surface area contributed by atoms with Crippen LogP contribution < -0.4 is 5.73 Å². The van der Waals surface area contributed by atoms with E-state index in [1.54, 1.807) is 0 Å². The van der Waals surface area contributed by atoms with E-state index in [4.69, 9.17) is 10.8 Å². The molecule has 104 valence electrons. The van der Waals surface area contributed by atoms with Gasteiger partial charge in [-0.1, -0.05) is 0 Å². The van der Waals surface area contributed by atoms with Crippen molar-refractivity contribution >= 4 is 5.91 Å². The largest absolute Gasteiger partial charge is 0.396 e. The summed E-state index contributed by atoms with van der Waals surface area (Å²) in [5, 5.41) is 9.08. The second-order valence-electron chi connectivity index (χ2n) is 5.62. The highest BCUT2D eigenvalue weighted by Crippen LogP contribution is 2.17. The van der Waals surface area contributed by atoms with E-state index in [0.29, 0.717) is 18.5 Å². The van der Waals surface area contributed by atoms with Crippen LogP contribution in [0.15, 0.2) is 0 Å². The van der Waals surface area contributed by atoms with Crippen molar-refractivity contribution in [3.63, 3.8) is 0 Å². The van der Waals surface area contributed by atoms with E-state index in [1.807, 2.05) is 4.90 Å². The van der Waals surface area contributed by atoms with Gasteiger partial charge in [-0.3, -0.25) is 9.69 Å². The van der Waals surface area contributed by atoms with E-state index in [0.717, 1.165) is 51.9 Å². The zero-order valence-electron chi connectivity index (χ0n) is 11.1. The van der Waals surface area contributed by atoms with E-state index in [9.17, 15) is 4.79 Å². The highest BCUT2D eigenvalue weighted by atomic mass is 16.3. The predicted octanol–water partition coefficient (Wildman–Crippen LogP) is -0.360. The molecule has 0 atom stereocenters. The number of piperidine rings is 2. The first-order valence-electron chi connectivity index (χ1n) is 7.05. The number of carbonyl (C=O) groups is 1. The molecule has 0 aromatic carbocycles. The normalized spacial score (nSPS) is 24.4. The van der Waals surface area contributed by atoms with Gasteiger partial charge in [0.1, 0.15) is 0 Å². The number of nitrogens with two attached hydrogens (primary N) is 1.